The minimum absolute atomic E-state index is 0.237. The molecule has 1 aromatic rings. The first-order chi connectivity index (χ1) is 6.86. The van der Waals surface area contributed by atoms with E-state index in [4.69, 9.17) is 0 Å². The minimum Gasteiger partial charge on any atom is -0.302 e. The average Bonchev–Trinajstić information content (AvgIpc) is 2.72. The molecule has 1 aromatic heterocycles. The van der Waals surface area contributed by atoms with Gasteiger partial charge in [-0.25, -0.2) is 0 Å². The lowest BCUT2D eigenvalue weighted by Gasteiger charge is -2.27. The Kier molecular flexibility index (Phi) is 3.78. The zero-order valence-corrected chi connectivity index (χ0v) is 9.81. The molecule has 1 aliphatic heterocycles. The number of hydrogen-bond donors (Lipinski definition) is 1. The molecule has 3 nitrogen and oxygen atoms in total. The normalized spacial score (nSPS) is 20.9. The first-order valence-electron chi connectivity index (χ1n) is 5.03. The summed E-state index contributed by atoms with van der Waals surface area (Å²) in [4.78, 5) is 2.47. The summed E-state index contributed by atoms with van der Waals surface area (Å²) in [6.07, 6.45) is 4.04. The highest BCUT2D eigenvalue weighted by atomic mass is 32.1. The van der Waals surface area contributed by atoms with Gasteiger partial charge < -0.3 is 4.90 Å². The SMILES string of the molecule is SC(CN1CCCCC1)c1nncs1. The van der Waals surface area contributed by atoms with E-state index in [0.29, 0.717) is 0 Å². The van der Waals surface area contributed by atoms with Gasteiger partial charge >= 0.3 is 0 Å². The van der Waals surface area contributed by atoms with Crippen molar-refractivity contribution in [2.75, 3.05) is 19.6 Å². The van der Waals surface area contributed by atoms with Crippen molar-refractivity contribution in [3.63, 3.8) is 0 Å². The van der Waals surface area contributed by atoms with Crippen molar-refractivity contribution in [3.05, 3.63) is 10.5 Å². The van der Waals surface area contributed by atoms with Crippen LogP contribution in [0.5, 0.6) is 0 Å². The molecular weight excluding hydrogens is 214 g/mol. The predicted molar refractivity (Wildman–Crippen MR) is 61.9 cm³/mol. The summed E-state index contributed by atoms with van der Waals surface area (Å²) in [5.74, 6) is 0. The minimum atomic E-state index is 0.237. The number of likely N-dealkylation sites (tertiary alicyclic amines) is 1. The summed E-state index contributed by atoms with van der Waals surface area (Å²) in [7, 11) is 0. The third-order valence-corrected chi connectivity index (χ3v) is 3.93. The third-order valence-electron chi connectivity index (χ3n) is 2.54. The first kappa shape index (κ1) is 10.4. The van der Waals surface area contributed by atoms with Crippen LogP contribution in [0.3, 0.4) is 0 Å². The largest absolute Gasteiger partial charge is 0.302 e. The molecule has 1 aliphatic rings. The Bertz CT molecular complexity index is 257. The van der Waals surface area contributed by atoms with Crippen LogP contribution >= 0.6 is 24.0 Å². The molecule has 0 aliphatic carbocycles. The van der Waals surface area contributed by atoms with Crippen LogP contribution in [0.1, 0.15) is 29.5 Å². The van der Waals surface area contributed by atoms with Crippen LogP contribution in [0.15, 0.2) is 5.51 Å². The van der Waals surface area contributed by atoms with Crippen LogP contribution in [-0.4, -0.2) is 34.7 Å². The molecule has 0 radical (unpaired) electrons. The lowest BCUT2D eigenvalue weighted by molar-refractivity contribution is 0.230. The Morgan fingerprint density at radius 1 is 1.43 bits per heavy atom. The van der Waals surface area contributed by atoms with Crippen molar-refractivity contribution < 1.29 is 0 Å². The van der Waals surface area contributed by atoms with Gasteiger partial charge in [0.05, 0.1) is 5.25 Å². The Balaban J connectivity index is 1.84. The van der Waals surface area contributed by atoms with E-state index < -0.39 is 0 Å². The van der Waals surface area contributed by atoms with Crippen LogP contribution in [0.4, 0.5) is 0 Å². The van der Waals surface area contributed by atoms with Crippen LogP contribution < -0.4 is 0 Å². The molecule has 14 heavy (non-hydrogen) atoms. The van der Waals surface area contributed by atoms with Gasteiger partial charge in [0.1, 0.15) is 10.5 Å². The highest BCUT2D eigenvalue weighted by Crippen LogP contribution is 2.23. The number of rotatable bonds is 3. The number of nitrogens with zero attached hydrogens (tertiary/aromatic N) is 3. The Labute approximate surface area is 93.9 Å². The van der Waals surface area contributed by atoms with Crippen molar-refractivity contribution in [1.82, 2.24) is 15.1 Å². The van der Waals surface area contributed by atoms with Crippen LogP contribution in [0.2, 0.25) is 0 Å². The van der Waals surface area contributed by atoms with E-state index >= 15 is 0 Å². The van der Waals surface area contributed by atoms with Gasteiger partial charge in [-0.3, -0.25) is 0 Å². The molecule has 5 heteroatoms. The van der Waals surface area contributed by atoms with Gasteiger partial charge in [-0.05, 0) is 25.9 Å². The third kappa shape index (κ3) is 2.68. The molecule has 0 N–H and O–H groups in total. The van der Waals surface area contributed by atoms with E-state index in [9.17, 15) is 0 Å². The van der Waals surface area contributed by atoms with Gasteiger partial charge in [-0.15, -0.1) is 21.5 Å². The fourth-order valence-corrected chi connectivity index (χ4v) is 2.78. The number of aromatic nitrogens is 2. The molecule has 0 spiro atoms. The number of hydrogen-bond acceptors (Lipinski definition) is 5. The quantitative estimate of drug-likeness (QED) is 0.804. The second kappa shape index (κ2) is 5.09. The highest BCUT2D eigenvalue weighted by molar-refractivity contribution is 7.80. The van der Waals surface area contributed by atoms with E-state index in [1.807, 2.05) is 0 Å². The Hall–Kier alpha value is -0.130. The molecule has 0 bridgehead atoms. The van der Waals surface area contributed by atoms with Crippen LogP contribution in [-0.2, 0) is 0 Å². The second-order valence-electron chi connectivity index (χ2n) is 3.65. The molecule has 78 valence electrons. The van der Waals surface area contributed by atoms with E-state index in [2.05, 4.69) is 27.7 Å². The molecule has 2 rings (SSSR count). The second-order valence-corrected chi connectivity index (χ2v) is 5.14. The van der Waals surface area contributed by atoms with Crippen molar-refractivity contribution in [1.29, 1.82) is 0 Å². The molecule has 0 aromatic carbocycles. The molecule has 1 fully saturated rings. The highest BCUT2D eigenvalue weighted by Gasteiger charge is 2.16. The lowest BCUT2D eigenvalue weighted by atomic mass is 10.1. The fourth-order valence-electron chi connectivity index (χ4n) is 1.79. The smallest absolute Gasteiger partial charge is 0.131 e. The summed E-state index contributed by atoms with van der Waals surface area (Å²) in [6.45, 7) is 3.45. The van der Waals surface area contributed by atoms with Gasteiger partial charge in [-0.2, -0.15) is 12.6 Å². The van der Waals surface area contributed by atoms with E-state index in [0.717, 1.165) is 11.6 Å². The maximum absolute atomic E-state index is 4.56. The molecule has 1 unspecified atom stereocenters. The number of piperidine rings is 1. The average molecular weight is 229 g/mol. The predicted octanol–water partition coefficient (Wildman–Crippen LogP) is 1.99. The summed E-state index contributed by atoms with van der Waals surface area (Å²) in [5, 5.41) is 9.16. The molecule has 0 saturated carbocycles. The lowest BCUT2D eigenvalue weighted by Crippen LogP contribution is -2.32. The monoisotopic (exact) mass is 229 g/mol. The standard InChI is InChI=1S/C9H15N3S2/c13-8(9-11-10-7-14-9)6-12-4-2-1-3-5-12/h7-8,13H,1-6H2. The Morgan fingerprint density at radius 2 is 2.21 bits per heavy atom. The molecule has 0 amide bonds. The van der Waals surface area contributed by atoms with Crippen molar-refractivity contribution in [2.24, 2.45) is 0 Å². The molecule has 1 saturated heterocycles. The van der Waals surface area contributed by atoms with Crippen molar-refractivity contribution in [3.8, 4) is 0 Å². The topological polar surface area (TPSA) is 29.0 Å². The number of thiol groups is 1. The summed E-state index contributed by atoms with van der Waals surface area (Å²) in [6, 6.07) is 0. The zero-order valence-electron chi connectivity index (χ0n) is 8.09. The first-order valence-corrected chi connectivity index (χ1v) is 6.42. The van der Waals surface area contributed by atoms with Gasteiger partial charge in [0.2, 0.25) is 0 Å². The van der Waals surface area contributed by atoms with Crippen molar-refractivity contribution >= 4 is 24.0 Å². The summed E-state index contributed by atoms with van der Waals surface area (Å²) in [5.41, 5.74) is 1.77. The maximum atomic E-state index is 4.56. The molecular formula is C9H15N3S2. The van der Waals surface area contributed by atoms with E-state index in [1.165, 1.54) is 32.4 Å². The van der Waals surface area contributed by atoms with Gasteiger partial charge in [0.15, 0.2) is 0 Å². The Morgan fingerprint density at radius 3 is 2.86 bits per heavy atom. The van der Waals surface area contributed by atoms with Gasteiger partial charge in [0, 0.05) is 6.54 Å². The zero-order chi connectivity index (χ0) is 9.80. The maximum Gasteiger partial charge on any atom is 0.131 e. The van der Waals surface area contributed by atoms with Crippen LogP contribution in [0.25, 0.3) is 0 Å². The van der Waals surface area contributed by atoms with Gasteiger partial charge in [0.25, 0.3) is 0 Å². The van der Waals surface area contributed by atoms with Gasteiger partial charge in [-0.1, -0.05) is 6.42 Å². The summed E-state index contributed by atoms with van der Waals surface area (Å²) >= 11 is 6.16. The fraction of sp³-hybridized carbons (Fsp3) is 0.778. The summed E-state index contributed by atoms with van der Waals surface area (Å²) < 4.78 is 0. The van der Waals surface area contributed by atoms with Crippen molar-refractivity contribution in [2.45, 2.75) is 24.5 Å². The molecule has 1 atom stereocenters. The van der Waals surface area contributed by atoms with Crippen LogP contribution in [0, 0.1) is 0 Å². The van der Waals surface area contributed by atoms with E-state index in [1.54, 1.807) is 16.8 Å². The van der Waals surface area contributed by atoms with E-state index in [-0.39, 0.29) is 5.25 Å². The molecule has 2 heterocycles.